The molecular formula is C12H14N4S. The van der Waals surface area contributed by atoms with E-state index < -0.39 is 0 Å². The third-order valence-electron chi connectivity index (χ3n) is 2.10. The summed E-state index contributed by atoms with van der Waals surface area (Å²) in [5.74, 6) is 0.407. The molecule has 1 heterocycles. The number of aliphatic imine (C=N–C) groups is 1. The zero-order valence-corrected chi connectivity index (χ0v) is 10.4. The van der Waals surface area contributed by atoms with Crippen molar-refractivity contribution in [3.05, 3.63) is 46.4 Å². The van der Waals surface area contributed by atoms with Crippen LogP contribution in [0.2, 0.25) is 0 Å². The lowest BCUT2D eigenvalue weighted by atomic mass is 10.3. The Kier molecular flexibility index (Phi) is 3.72. The van der Waals surface area contributed by atoms with E-state index in [2.05, 4.69) is 15.3 Å². The van der Waals surface area contributed by atoms with Crippen molar-refractivity contribution in [2.45, 2.75) is 13.5 Å². The van der Waals surface area contributed by atoms with Crippen LogP contribution < -0.4 is 11.1 Å². The Bertz CT molecular complexity index is 504. The molecule has 0 aliphatic carbocycles. The number of nitrogens with two attached hydrogens (primary N) is 1. The SMILES string of the molecule is Cc1cnc(CN=C(N)Nc2ccccc2)s1. The summed E-state index contributed by atoms with van der Waals surface area (Å²) in [6, 6.07) is 9.72. The Balaban J connectivity index is 1.94. The van der Waals surface area contributed by atoms with Gasteiger partial charge < -0.3 is 11.1 Å². The van der Waals surface area contributed by atoms with Crippen molar-refractivity contribution < 1.29 is 0 Å². The first-order valence-electron chi connectivity index (χ1n) is 5.27. The van der Waals surface area contributed by atoms with Crippen molar-refractivity contribution in [3.63, 3.8) is 0 Å². The molecule has 0 fully saturated rings. The number of aryl methyl sites for hydroxylation is 1. The lowest BCUT2D eigenvalue weighted by Gasteiger charge is -2.04. The van der Waals surface area contributed by atoms with Crippen molar-refractivity contribution in [3.8, 4) is 0 Å². The Morgan fingerprint density at radius 1 is 1.41 bits per heavy atom. The van der Waals surface area contributed by atoms with Gasteiger partial charge >= 0.3 is 0 Å². The predicted octanol–water partition coefficient (Wildman–Crippen LogP) is 2.38. The topological polar surface area (TPSA) is 63.3 Å². The summed E-state index contributed by atoms with van der Waals surface area (Å²) in [4.78, 5) is 9.64. The first kappa shape index (κ1) is 11.6. The Labute approximate surface area is 104 Å². The van der Waals surface area contributed by atoms with Crippen molar-refractivity contribution in [1.82, 2.24) is 4.98 Å². The summed E-state index contributed by atoms with van der Waals surface area (Å²) < 4.78 is 0. The van der Waals surface area contributed by atoms with Gasteiger partial charge in [0.25, 0.3) is 0 Å². The van der Waals surface area contributed by atoms with Crippen LogP contribution in [0.5, 0.6) is 0 Å². The van der Waals surface area contributed by atoms with E-state index in [0.29, 0.717) is 12.5 Å². The highest BCUT2D eigenvalue weighted by atomic mass is 32.1. The summed E-state index contributed by atoms with van der Waals surface area (Å²) in [7, 11) is 0. The van der Waals surface area contributed by atoms with E-state index in [9.17, 15) is 0 Å². The second-order valence-corrected chi connectivity index (χ2v) is 4.88. The monoisotopic (exact) mass is 246 g/mol. The minimum absolute atomic E-state index is 0.407. The smallest absolute Gasteiger partial charge is 0.193 e. The molecule has 0 amide bonds. The van der Waals surface area contributed by atoms with Gasteiger partial charge in [0.1, 0.15) is 5.01 Å². The van der Waals surface area contributed by atoms with Crippen LogP contribution in [0.15, 0.2) is 41.5 Å². The number of rotatable bonds is 3. The average Bonchev–Trinajstić information content (AvgIpc) is 2.74. The number of guanidine groups is 1. The van der Waals surface area contributed by atoms with Gasteiger partial charge in [-0.1, -0.05) is 18.2 Å². The summed E-state index contributed by atoms with van der Waals surface area (Å²) in [6.45, 7) is 2.54. The molecule has 4 nitrogen and oxygen atoms in total. The molecule has 0 spiro atoms. The minimum Gasteiger partial charge on any atom is -0.370 e. The van der Waals surface area contributed by atoms with E-state index in [-0.39, 0.29) is 0 Å². The quantitative estimate of drug-likeness (QED) is 0.645. The summed E-state index contributed by atoms with van der Waals surface area (Å²) in [5.41, 5.74) is 6.71. The van der Waals surface area contributed by atoms with E-state index in [1.54, 1.807) is 11.3 Å². The molecule has 0 aliphatic rings. The zero-order chi connectivity index (χ0) is 12.1. The normalized spacial score (nSPS) is 11.5. The van der Waals surface area contributed by atoms with Gasteiger partial charge in [0.2, 0.25) is 0 Å². The standard InChI is InChI=1S/C12H14N4S/c1-9-7-14-11(17-9)8-15-12(13)16-10-5-3-2-4-6-10/h2-7H,8H2,1H3,(H3,13,15,16). The maximum absolute atomic E-state index is 5.78. The first-order valence-corrected chi connectivity index (χ1v) is 6.09. The van der Waals surface area contributed by atoms with Crippen LogP contribution in [0.3, 0.4) is 0 Å². The molecule has 88 valence electrons. The third-order valence-corrected chi connectivity index (χ3v) is 3.00. The maximum Gasteiger partial charge on any atom is 0.193 e. The summed E-state index contributed by atoms with van der Waals surface area (Å²) in [6.07, 6.45) is 1.84. The highest BCUT2D eigenvalue weighted by molar-refractivity contribution is 7.11. The maximum atomic E-state index is 5.78. The summed E-state index contributed by atoms with van der Waals surface area (Å²) >= 11 is 1.63. The van der Waals surface area contributed by atoms with E-state index in [0.717, 1.165) is 10.7 Å². The van der Waals surface area contributed by atoms with E-state index in [1.807, 2.05) is 43.5 Å². The Morgan fingerprint density at radius 3 is 2.82 bits per heavy atom. The zero-order valence-electron chi connectivity index (χ0n) is 9.55. The van der Waals surface area contributed by atoms with Crippen molar-refractivity contribution >= 4 is 23.0 Å². The second kappa shape index (κ2) is 5.45. The molecule has 0 atom stereocenters. The Morgan fingerprint density at radius 2 is 2.18 bits per heavy atom. The molecule has 1 aromatic carbocycles. The number of benzene rings is 1. The number of para-hydroxylation sites is 1. The van der Waals surface area contributed by atoms with Crippen LogP contribution in [-0.2, 0) is 6.54 Å². The van der Waals surface area contributed by atoms with Gasteiger partial charge in [-0.25, -0.2) is 9.98 Å². The van der Waals surface area contributed by atoms with Crippen LogP contribution in [0.25, 0.3) is 0 Å². The van der Waals surface area contributed by atoms with Crippen LogP contribution in [0.1, 0.15) is 9.88 Å². The highest BCUT2D eigenvalue weighted by Gasteiger charge is 1.98. The van der Waals surface area contributed by atoms with Crippen LogP contribution in [0.4, 0.5) is 5.69 Å². The van der Waals surface area contributed by atoms with Gasteiger partial charge in [0, 0.05) is 16.8 Å². The van der Waals surface area contributed by atoms with Gasteiger partial charge in [-0.05, 0) is 19.1 Å². The Hall–Kier alpha value is -1.88. The van der Waals surface area contributed by atoms with Crippen LogP contribution >= 0.6 is 11.3 Å². The lowest BCUT2D eigenvalue weighted by Crippen LogP contribution is -2.22. The molecule has 5 heteroatoms. The van der Waals surface area contributed by atoms with Gasteiger partial charge in [0.05, 0.1) is 6.54 Å². The average molecular weight is 246 g/mol. The lowest BCUT2D eigenvalue weighted by molar-refractivity contribution is 1.03. The number of thiazole rings is 1. The summed E-state index contributed by atoms with van der Waals surface area (Å²) in [5, 5.41) is 4.00. The van der Waals surface area contributed by atoms with Crippen LogP contribution in [-0.4, -0.2) is 10.9 Å². The highest BCUT2D eigenvalue weighted by Crippen LogP contribution is 2.12. The molecule has 0 aliphatic heterocycles. The number of anilines is 1. The van der Waals surface area contributed by atoms with E-state index in [4.69, 9.17) is 5.73 Å². The van der Waals surface area contributed by atoms with Gasteiger partial charge in [0.15, 0.2) is 5.96 Å². The van der Waals surface area contributed by atoms with Gasteiger partial charge in [-0.15, -0.1) is 11.3 Å². The third kappa shape index (κ3) is 3.57. The number of aromatic nitrogens is 1. The molecule has 0 bridgehead atoms. The second-order valence-electron chi connectivity index (χ2n) is 3.56. The number of nitrogens with zero attached hydrogens (tertiary/aromatic N) is 2. The fraction of sp³-hybridized carbons (Fsp3) is 0.167. The first-order chi connectivity index (χ1) is 8.24. The number of hydrogen-bond acceptors (Lipinski definition) is 3. The minimum atomic E-state index is 0.407. The van der Waals surface area contributed by atoms with Crippen molar-refractivity contribution in [1.29, 1.82) is 0 Å². The predicted molar refractivity (Wildman–Crippen MR) is 72.2 cm³/mol. The molecule has 2 aromatic rings. The fourth-order valence-electron chi connectivity index (χ4n) is 1.34. The van der Waals surface area contributed by atoms with Crippen LogP contribution in [0, 0.1) is 6.92 Å². The van der Waals surface area contributed by atoms with Crippen molar-refractivity contribution in [2.75, 3.05) is 5.32 Å². The molecule has 0 radical (unpaired) electrons. The molecule has 0 unspecified atom stereocenters. The van der Waals surface area contributed by atoms with Gasteiger partial charge in [-0.2, -0.15) is 0 Å². The molecule has 0 saturated heterocycles. The fourth-order valence-corrected chi connectivity index (χ4v) is 2.05. The largest absolute Gasteiger partial charge is 0.370 e. The molecule has 3 N–H and O–H groups in total. The number of hydrogen-bond donors (Lipinski definition) is 2. The number of nitrogens with one attached hydrogen (secondary N) is 1. The molecule has 0 saturated carbocycles. The molecule has 17 heavy (non-hydrogen) atoms. The molecule has 1 aromatic heterocycles. The molecule has 2 rings (SSSR count). The molecular weight excluding hydrogens is 232 g/mol. The van der Waals surface area contributed by atoms with E-state index >= 15 is 0 Å². The van der Waals surface area contributed by atoms with Crippen molar-refractivity contribution in [2.24, 2.45) is 10.7 Å². The van der Waals surface area contributed by atoms with E-state index in [1.165, 1.54) is 4.88 Å². The van der Waals surface area contributed by atoms with Gasteiger partial charge in [-0.3, -0.25) is 0 Å².